The van der Waals surface area contributed by atoms with Crippen LogP contribution in [-0.2, 0) is 22.9 Å². The van der Waals surface area contributed by atoms with Crippen LogP contribution in [0.5, 0.6) is 5.88 Å². The Labute approximate surface area is 162 Å². The van der Waals surface area contributed by atoms with Gasteiger partial charge in [0.2, 0.25) is 15.9 Å². The minimum atomic E-state index is -3.48. The van der Waals surface area contributed by atoms with E-state index in [0.717, 1.165) is 23.7 Å². The van der Waals surface area contributed by atoms with Gasteiger partial charge < -0.3 is 4.74 Å². The largest absolute Gasteiger partial charge is 0.473 e. The highest BCUT2D eigenvalue weighted by molar-refractivity contribution is 9.10. The van der Waals surface area contributed by atoms with Gasteiger partial charge in [0.25, 0.3) is 0 Å². The van der Waals surface area contributed by atoms with Gasteiger partial charge in [-0.3, -0.25) is 0 Å². The van der Waals surface area contributed by atoms with Crippen LogP contribution < -0.4 is 4.74 Å². The smallest absolute Gasteiger partial charge is 0.243 e. The molecular formula is C19H21BrN2O3S. The highest BCUT2D eigenvalue weighted by Gasteiger charge is 2.34. The molecule has 1 aromatic carbocycles. The van der Waals surface area contributed by atoms with E-state index in [9.17, 15) is 8.42 Å². The molecule has 138 valence electrons. The second-order valence-corrected chi connectivity index (χ2v) is 9.70. The van der Waals surface area contributed by atoms with E-state index in [4.69, 9.17) is 4.74 Å². The second-order valence-electron chi connectivity index (χ2n) is 6.84. The molecular weight excluding hydrogens is 416 g/mol. The first-order valence-corrected chi connectivity index (χ1v) is 11.2. The summed E-state index contributed by atoms with van der Waals surface area (Å²) in [5.41, 5.74) is 2.47. The number of hydrogen-bond donors (Lipinski definition) is 0. The van der Waals surface area contributed by atoms with Gasteiger partial charge in [0.1, 0.15) is 6.10 Å². The van der Waals surface area contributed by atoms with E-state index in [1.54, 1.807) is 18.3 Å². The molecule has 0 radical (unpaired) electrons. The molecule has 0 spiro atoms. The highest BCUT2D eigenvalue weighted by Crippen LogP contribution is 2.28. The van der Waals surface area contributed by atoms with Crippen LogP contribution in [0.3, 0.4) is 0 Å². The zero-order valence-electron chi connectivity index (χ0n) is 14.4. The summed E-state index contributed by atoms with van der Waals surface area (Å²) in [6, 6.07) is 9.25. The van der Waals surface area contributed by atoms with Crippen LogP contribution in [0.1, 0.15) is 30.4 Å². The molecule has 1 fully saturated rings. The molecule has 5 nitrogen and oxygen atoms in total. The fraction of sp³-hybridized carbons (Fsp3) is 0.421. The van der Waals surface area contributed by atoms with E-state index in [0.29, 0.717) is 30.3 Å². The Morgan fingerprint density at radius 2 is 1.92 bits per heavy atom. The molecule has 1 unspecified atom stereocenters. The molecule has 0 amide bonds. The van der Waals surface area contributed by atoms with Gasteiger partial charge in [0, 0.05) is 23.3 Å². The lowest BCUT2D eigenvalue weighted by Crippen LogP contribution is -2.31. The summed E-state index contributed by atoms with van der Waals surface area (Å²) in [7, 11) is -3.48. The van der Waals surface area contributed by atoms with Crippen LogP contribution in [0.4, 0.5) is 0 Å². The van der Waals surface area contributed by atoms with Gasteiger partial charge in [-0.1, -0.05) is 6.07 Å². The zero-order valence-corrected chi connectivity index (χ0v) is 16.8. The summed E-state index contributed by atoms with van der Waals surface area (Å²) in [6.45, 7) is 0.831. The van der Waals surface area contributed by atoms with Crippen LogP contribution in [0, 0.1) is 0 Å². The Kier molecular flexibility index (Phi) is 5.03. The fourth-order valence-electron chi connectivity index (χ4n) is 3.63. The number of aromatic nitrogens is 1. The van der Waals surface area contributed by atoms with E-state index in [-0.39, 0.29) is 6.10 Å². The monoisotopic (exact) mass is 436 g/mol. The van der Waals surface area contributed by atoms with Gasteiger partial charge >= 0.3 is 0 Å². The summed E-state index contributed by atoms with van der Waals surface area (Å²) in [5.74, 6) is 0.520. The molecule has 2 heterocycles. The molecule has 0 N–H and O–H groups in total. The lowest BCUT2D eigenvalue weighted by molar-refractivity contribution is 0.207. The van der Waals surface area contributed by atoms with Gasteiger partial charge in [0.05, 0.1) is 11.4 Å². The summed E-state index contributed by atoms with van der Waals surface area (Å²) < 4.78 is 34.3. The highest BCUT2D eigenvalue weighted by atomic mass is 79.9. The van der Waals surface area contributed by atoms with Crippen molar-refractivity contribution in [1.82, 2.24) is 9.29 Å². The Balaban J connectivity index is 1.48. The number of aryl methyl sites for hydroxylation is 2. The number of rotatable bonds is 4. The first-order valence-electron chi connectivity index (χ1n) is 8.92. The average molecular weight is 437 g/mol. The van der Waals surface area contributed by atoms with Crippen molar-refractivity contribution in [2.45, 2.75) is 43.1 Å². The maximum absolute atomic E-state index is 13.0. The molecule has 1 aliphatic carbocycles. The number of nitrogens with zero attached hydrogens (tertiary/aromatic N) is 2. The first-order chi connectivity index (χ1) is 12.5. The Hall–Kier alpha value is -1.44. The van der Waals surface area contributed by atoms with Crippen molar-refractivity contribution in [3.8, 4) is 5.88 Å². The van der Waals surface area contributed by atoms with Gasteiger partial charge in [0.15, 0.2) is 0 Å². The average Bonchev–Trinajstić information content (AvgIpc) is 3.12. The predicted molar refractivity (Wildman–Crippen MR) is 103 cm³/mol. The predicted octanol–water partition coefficient (Wildman–Crippen LogP) is 3.56. The van der Waals surface area contributed by atoms with Crippen molar-refractivity contribution in [2.75, 3.05) is 13.1 Å². The number of halogens is 1. The van der Waals surface area contributed by atoms with Crippen molar-refractivity contribution >= 4 is 26.0 Å². The van der Waals surface area contributed by atoms with Gasteiger partial charge in [-0.15, -0.1) is 0 Å². The van der Waals surface area contributed by atoms with Crippen LogP contribution in [-0.4, -0.2) is 36.9 Å². The number of sulfonamides is 1. The van der Waals surface area contributed by atoms with E-state index >= 15 is 0 Å². The van der Waals surface area contributed by atoms with Crippen molar-refractivity contribution in [1.29, 1.82) is 0 Å². The maximum atomic E-state index is 13.0. The number of ether oxygens (including phenoxy) is 1. The van der Waals surface area contributed by atoms with Crippen LogP contribution in [0.15, 0.2) is 45.9 Å². The Morgan fingerprint density at radius 3 is 2.69 bits per heavy atom. The van der Waals surface area contributed by atoms with E-state index in [1.807, 2.05) is 18.2 Å². The second kappa shape index (κ2) is 7.29. The van der Waals surface area contributed by atoms with Crippen LogP contribution in [0.2, 0.25) is 0 Å². The minimum absolute atomic E-state index is 0.170. The maximum Gasteiger partial charge on any atom is 0.243 e. The molecule has 4 rings (SSSR count). The third-order valence-corrected chi connectivity index (χ3v) is 7.38. The molecule has 0 bridgehead atoms. The number of benzene rings is 1. The normalized spacial score (nSPS) is 20.7. The summed E-state index contributed by atoms with van der Waals surface area (Å²) in [4.78, 5) is 4.60. The molecule has 7 heteroatoms. The quantitative estimate of drug-likeness (QED) is 0.734. The number of hydrogen-bond acceptors (Lipinski definition) is 4. The lowest BCUT2D eigenvalue weighted by Gasteiger charge is -2.20. The van der Waals surface area contributed by atoms with Crippen molar-refractivity contribution < 1.29 is 13.2 Å². The van der Waals surface area contributed by atoms with Crippen molar-refractivity contribution in [2.24, 2.45) is 0 Å². The van der Waals surface area contributed by atoms with Crippen LogP contribution in [0.25, 0.3) is 0 Å². The van der Waals surface area contributed by atoms with Gasteiger partial charge in [-0.25, -0.2) is 13.4 Å². The zero-order chi connectivity index (χ0) is 18.1. The third kappa shape index (κ3) is 3.66. The standard InChI is InChI=1S/C19H21BrN2O3S/c20-16-6-8-19(21-12-16)25-17-9-10-22(13-17)26(23,24)18-7-5-14-3-1-2-4-15(14)11-18/h5-8,11-12,17H,1-4,9-10,13H2. The molecule has 1 aromatic heterocycles. The minimum Gasteiger partial charge on any atom is -0.473 e. The Bertz CT molecular complexity index is 900. The van der Waals surface area contributed by atoms with Crippen molar-refractivity contribution in [3.05, 3.63) is 52.1 Å². The topological polar surface area (TPSA) is 59.5 Å². The fourth-order valence-corrected chi connectivity index (χ4v) is 5.41. The van der Waals surface area contributed by atoms with Gasteiger partial charge in [-0.05, 0) is 77.4 Å². The van der Waals surface area contributed by atoms with Gasteiger partial charge in [-0.2, -0.15) is 4.31 Å². The summed E-state index contributed by atoms with van der Waals surface area (Å²) in [6.07, 6.45) is 6.52. The third-order valence-electron chi connectivity index (χ3n) is 5.05. The SMILES string of the molecule is O=S(=O)(c1ccc2c(c1)CCCC2)N1CCC(Oc2ccc(Br)cn2)C1. The molecule has 1 saturated heterocycles. The van der Waals surface area contributed by atoms with Crippen molar-refractivity contribution in [3.63, 3.8) is 0 Å². The molecule has 2 aliphatic rings. The first kappa shape index (κ1) is 17.9. The molecule has 1 atom stereocenters. The molecule has 2 aromatic rings. The summed E-state index contributed by atoms with van der Waals surface area (Å²) >= 11 is 3.34. The Morgan fingerprint density at radius 1 is 1.12 bits per heavy atom. The van der Waals surface area contributed by atoms with E-state index < -0.39 is 10.0 Å². The number of pyridine rings is 1. The van der Waals surface area contributed by atoms with E-state index in [2.05, 4.69) is 20.9 Å². The molecule has 0 saturated carbocycles. The van der Waals surface area contributed by atoms with E-state index in [1.165, 1.54) is 21.9 Å². The molecule has 26 heavy (non-hydrogen) atoms. The summed E-state index contributed by atoms with van der Waals surface area (Å²) in [5, 5.41) is 0. The van der Waals surface area contributed by atoms with Crippen LogP contribution >= 0.6 is 15.9 Å². The lowest BCUT2D eigenvalue weighted by atomic mass is 9.92. The number of fused-ring (bicyclic) bond motifs is 1. The molecule has 1 aliphatic heterocycles.